The zero-order valence-corrected chi connectivity index (χ0v) is 7.46. The van der Waals surface area contributed by atoms with E-state index >= 15 is 0 Å². The highest BCUT2D eigenvalue weighted by molar-refractivity contribution is 5.81. The van der Waals surface area contributed by atoms with Crippen LogP contribution in [0, 0.1) is 10.1 Å². The summed E-state index contributed by atoms with van der Waals surface area (Å²) in [5.41, 5.74) is 6.18. The van der Waals surface area contributed by atoms with Crippen molar-refractivity contribution in [2.24, 2.45) is 10.7 Å². The molecule has 6 nitrogen and oxygen atoms in total. The summed E-state index contributed by atoms with van der Waals surface area (Å²) in [6, 6.07) is 3.60. The number of pyridine rings is 1. The van der Waals surface area contributed by atoms with Crippen molar-refractivity contribution in [1.29, 1.82) is 0 Å². The van der Waals surface area contributed by atoms with Gasteiger partial charge in [-0.1, -0.05) is 6.07 Å². The molecule has 2 N–H and O–H groups in total. The van der Waals surface area contributed by atoms with Crippen LogP contribution in [-0.2, 0) is 6.54 Å². The molecule has 0 amide bonds. The summed E-state index contributed by atoms with van der Waals surface area (Å²) in [6.45, 7) is -0.0895. The third kappa shape index (κ3) is 3.61. The molecule has 0 bridgehead atoms. The lowest BCUT2D eigenvalue weighted by atomic mass is 10.3. The van der Waals surface area contributed by atoms with Gasteiger partial charge in [-0.3, -0.25) is 20.1 Å². The van der Waals surface area contributed by atoms with E-state index < -0.39 is 11.5 Å². The maximum atomic E-state index is 10.1. The Labute approximate surface area is 80.6 Å². The Bertz CT molecular complexity index is 336. The summed E-state index contributed by atoms with van der Waals surface area (Å²) in [5, 5.41) is 10.1. The molecule has 0 spiro atoms. The van der Waals surface area contributed by atoms with E-state index in [1.165, 1.54) is 0 Å². The van der Waals surface area contributed by atoms with Gasteiger partial charge in [-0.15, -0.1) is 0 Å². The second-order valence-corrected chi connectivity index (χ2v) is 2.66. The highest BCUT2D eigenvalue weighted by Gasteiger charge is 2.00. The van der Waals surface area contributed by atoms with Crippen LogP contribution in [0.15, 0.2) is 29.5 Å². The standard InChI is InChI=1S/C8H10N4O2/c9-8(6-12(13)14)11-5-7-2-1-3-10-4-7/h1-4H,5-6H2,(H2,9,11). The quantitative estimate of drug-likeness (QED) is 0.321. The summed E-state index contributed by atoms with van der Waals surface area (Å²) >= 11 is 0. The van der Waals surface area contributed by atoms with Crippen LogP contribution in [0.4, 0.5) is 0 Å². The smallest absolute Gasteiger partial charge is 0.259 e. The van der Waals surface area contributed by atoms with Gasteiger partial charge < -0.3 is 5.73 Å². The summed E-state index contributed by atoms with van der Waals surface area (Å²) in [4.78, 5) is 17.3. The number of hydrogen-bond acceptors (Lipinski definition) is 4. The lowest BCUT2D eigenvalue weighted by Crippen LogP contribution is -2.22. The predicted octanol–water partition coefficient (Wildman–Crippen LogP) is 0.215. The molecule has 0 fully saturated rings. The molecule has 0 saturated heterocycles. The molecular formula is C8H10N4O2. The van der Waals surface area contributed by atoms with Crippen molar-refractivity contribution < 1.29 is 4.92 Å². The number of hydrogen-bond donors (Lipinski definition) is 1. The zero-order valence-electron chi connectivity index (χ0n) is 7.46. The maximum Gasteiger partial charge on any atom is 0.259 e. The number of nitro groups is 1. The number of nitrogens with zero attached hydrogens (tertiary/aromatic N) is 3. The Morgan fingerprint density at radius 1 is 1.71 bits per heavy atom. The molecule has 1 heterocycles. The number of rotatable bonds is 4. The second kappa shape index (κ2) is 4.90. The zero-order chi connectivity index (χ0) is 10.4. The first-order chi connectivity index (χ1) is 6.68. The SMILES string of the molecule is NC(C[N+](=O)[O-])=NCc1cccnc1. The molecule has 0 aliphatic rings. The van der Waals surface area contributed by atoms with Crippen molar-refractivity contribution in [3.8, 4) is 0 Å². The van der Waals surface area contributed by atoms with Crippen molar-refractivity contribution in [2.45, 2.75) is 6.54 Å². The van der Waals surface area contributed by atoms with E-state index in [9.17, 15) is 10.1 Å². The number of aliphatic imine (C=N–C) groups is 1. The average Bonchev–Trinajstić information content (AvgIpc) is 2.15. The van der Waals surface area contributed by atoms with Gasteiger partial charge in [0.25, 0.3) is 6.54 Å². The Hall–Kier alpha value is -1.98. The molecule has 0 atom stereocenters. The van der Waals surface area contributed by atoms with Gasteiger partial charge in [0.15, 0.2) is 5.84 Å². The third-order valence-corrected chi connectivity index (χ3v) is 1.48. The number of aromatic nitrogens is 1. The Balaban J connectivity index is 2.51. The van der Waals surface area contributed by atoms with Gasteiger partial charge in [-0.2, -0.15) is 0 Å². The van der Waals surface area contributed by atoms with Crippen molar-refractivity contribution >= 4 is 5.84 Å². The van der Waals surface area contributed by atoms with Gasteiger partial charge in [0.2, 0.25) is 0 Å². The summed E-state index contributed by atoms with van der Waals surface area (Å²) < 4.78 is 0. The van der Waals surface area contributed by atoms with Gasteiger partial charge in [-0.05, 0) is 11.6 Å². The molecule has 0 radical (unpaired) electrons. The molecular weight excluding hydrogens is 184 g/mol. The first kappa shape index (κ1) is 10.1. The second-order valence-electron chi connectivity index (χ2n) is 2.66. The molecule has 0 saturated carbocycles. The molecule has 14 heavy (non-hydrogen) atoms. The fraction of sp³-hybridized carbons (Fsp3) is 0.250. The normalized spacial score (nSPS) is 11.3. The molecule has 0 aliphatic carbocycles. The summed E-state index contributed by atoms with van der Waals surface area (Å²) in [7, 11) is 0. The van der Waals surface area contributed by atoms with E-state index in [0.717, 1.165) is 5.56 Å². The van der Waals surface area contributed by atoms with E-state index in [2.05, 4.69) is 9.98 Å². The van der Waals surface area contributed by atoms with E-state index in [0.29, 0.717) is 6.54 Å². The minimum atomic E-state index is -0.512. The van der Waals surface area contributed by atoms with E-state index in [4.69, 9.17) is 5.73 Å². The van der Waals surface area contributed by atoms with Gasteiger partial charge in [0, 0.05) is 17.3 Å². The van der Waals surface area contributed by atoms with Gasteiger partial charge in [0.05, 0.1) is 6.54 Å². The molecule has 6 heteroatoms. The van der Waals surface area contributed by atoms with Crippen LogP contribution in [0.5, 0.6) is 0 Å². The molecule has 1 aromatic heterocycles. The van der Waals surface area contributed by atoms with Crippen molar-refractivity contribution in [2.75, 3.05) is 6.54 Å². The first-order valence-corrected chi connectivity index (χ1v) is 3.98. The van der Waals surface area contributed by atoms with Crippen LogP contribution >= 0.6 is 0 Å². The third-order valence-electron chi connectivity index (χ3n) is 1.48. The van der Waals surface area contributed by atoms with Gasteiger partial charge in [-0.25, -0.2) is 0 Å². The molecule has 0 aliphatic heterocycles. The largest absolute Gasteiger partial charge is 0.382 e. The average molecular weight is 194 g/mol. The Morgan fingerprint density at radius 3 is 3.07 bits per heavy atom. The molecule has 74 valence electrons. The molecule has 1 rings (SSSR count). The highest BCUT2D eigenvalue weighted by atomic mass is 16.6. The topological polar surface area (TPSA) is 94.4 Å². The monoisotopic (exact) mass is 194 g/mol. The fourth-order valence-corrected chi connectivity index (χ4v) is 0.867. The lowest BCUT2D eigenvalue weighted by Gasteiger charge is -1.96. The minimum Gasteiger partial charge on any atom is -0.382 e. The molecule has 0 unspecified atom stereocenters. The lowest BCUT2D eigenvalue weighted by molar-refractivity contribution is -0.463. The Kier molecular flexibility index (Phi) is 3.54. The van der Waals surface area contributed by atoms with Crippen molar-refractivity contribution in [3.63, 3.8) is 0 Å². The number of amidine groups is 1. The maximum absolute atomic E-state index is 10.1. The van der Waals surface area contributed by atoms with Crippen LogP contribution in [0.1, 0.15) is 5.56 Å². The van der Waals surface area contributed by atoms with E-state index in [-0.39, 0.29) is 5.84 Å². The van der Waals surface area contributed by atoms with Crippen LogP contribution in [0.3, 0.4) is 0 Å². The van der Waals surface area contributed by atoms with E-state index in [1.807, 2.05) is 6.07 Å². The van der Waals surface area contributed by atoms with Crippen LogP contribution < -0.4 is 5.73 Å². The van der Waals surface area contributed by atoms with Gasteiger partial charge in [0.1, 0.15) is 0 Å². The Morgan fingerprint density at radius 2 is 2.50 bits per heavy atom. The van der Waals surface area contributed by atoms with Crippen molar-refractivity contribution in [1.82, 2.24) is 4.98 Å². The van der Waals surface area contributed by atoms with Crippen LogP contribution in [0.2, 0.25) is 0 Å². The van der Waals surface area contributed by atoms with Crippen molar-refractivity contribution in [3.05, 3.63) is 40.2 Å². The minimum absolute atomic E-state index is 0.0267. The molecule has 0 aromatic carbocycles. The fourth-order valence-electron chi connectivity index (χ4n) is 0.867. The molecule has 1 aromatic rings. The van der Waals surface area contributed by atoms with Crippen LogP contribution in [0.25, 0.3) is 0 Å². The summed E-state index contributed by atoms with van der Waals surface area (Å²) in [6.07, 6.45) is 3.29. The number of nitrogens with two attached hydrogens (primary N) is 1. The van der Waals surface area contributed by atoms with E-state index in [1.54, 1.807) is 18.5 Å². The predicted molar refractivity (Wildman–Crippen MR) is 51.4 cm³/mol. The van der Waals surface area contributed by atoms with Gasteiger partial charge >= 0.3 is 0 Å². The highest BCUT2D eigenvalue weighted by Crippen LogP contribution is 1.97. The summed E-state index contributed by atoms with van der Waals surface area (Å²) in [5.74, 6) is 0.0267. The van der Waals surface area contributed by atoms with Crippen LogP contribution in [-0.4, -0.2) is 22.3 Å². The first-order valence-electron chi connectivity index (χ1n) is 3.98.